The Kier molecular flexibility index (Phi) is 8.58. The van der Waals surface area contributed by atoms with Gasteiger partial charge in [-0.05, 0) is 35.4 Å². The molecule has 0 amide bonds. The first-order valence-electron chi connectivity index (χ1n) is 11.6. The average molecular weight is 459 g/mol. The Labute approximate surface area is 200 Å². The second-order valence-corrected chi connectivity index (χ2v) is 8.27. The summed E-state index contributed by atoms with van der Waals surface area (Å²) in [6, 6.07) is 18.3. The van der Waals surface area contributed by atoms with E-state index in [-0.39, 0.29) is 6.10 Å². The largest absolute Gasteiger partial charge is 0.489 e. The van der Waals surface area contributed by atoms with Crippen LogP contribution in [0.25, 0.3) is 11.3 Å². The molecular weight excluding hydrogens is 428 g/mol. The van der Waals surface area contributed by atoms with E-state index < -0.39 is 0 Å². The molecule has 34 heavy (non-hydrogen) atoms. The van der Waals surface area contributed by atoms with E-state index in [9.17, 15) is 5.26 Å². The number of rotatable bonds is 10. The third-order valence-corrected chi connectivity index (χ3v) is 5.76. The minimum Gasteiger partial charge on any atom is -0.489 e. The van der Waals surface area contributed by atoms with Gasteiger partial charge in [0.25, 0.3) is 0 Å². The molecule has 4 rings (SSSR count). The van der Waals surface area contributed by atoms with E-state index >= 15 is 0 Å². The monoisotopic (exact) mass is 458 g/mol. The van der Waals surface area contributed by atoms with E-state index in [0.29, 0.717) is 37.6 Å². The highest BCUT2D eigenvalue weighted by Crippen LogP contribution is 2.27. The van der Waals surface area contributed by atoms with Crippen molar-refractivity contribution in [3.05, 3.63) is 77.2 Å². The second-order valence-electron chi connectivity index (χ2n) is 8.27. The maximum absolute atomic E-state index is 9.67. The van der Waals surface area contributed by atoms with Crippen LogP contribution in [0.4, 0.5) is 0 Å². The van der Waals surface area contributed by atoms with Gasteiger partial charge >= 0.3 is 0 Å². The first kappa shape index (κ1) is 23.8. The standard InChI is InChI=1S/C27H30N4O3/c1-32-15-12-29-19-21-4-2-20(3-5-21)16-27-30-11-8-25(31-27)22-6-7-26(23(17-22)18-28)34-24-9-13-33-14-10-24/h2-8,11,17,24,29H,9-10,12-16,19H2,1H3. The number of benzene rings is 2. The van der Waals surface area contributed by atoms with E-state index in [1.54, 1.807) is 13.3 Å². The fraction of sp³-hybridized carbons (Fsp3) is 0.370. The molecule has 0 spiro atoms. The van der Waals surface area contributed by atoms with Gasteiger partial charge in [0.2, 0.25) is 0 Å². The quantitative estimate of drug-likeness (QED) is 0.461. The zero-order chi connectivity index (χ0) is 23.6. The normalized spacial score (nSPS) is 14.0. The highest BCUT2D eigenvalue weighted by Gasteiger charge is 2.17. The molecular formula is C27H30N4O3. The topological polar surface area (TPSA) is 89.3 Å². The van der Waals surface area contributed by atoms with E-state index in [0.717, 1.165) is 48.6 Å². The molecule has 1 aromatic heterocycles. The molecule has 3 aromatic rings. The number of hydrogen-bond donors (Lipinski definition) is 1. The van der Waals surface area contributed by atoms with Crippen LogP contribution in [0.5, 0.6) is 5.75 Å². The lowest BCUT2D eigenvalue weighted by Crippen LogP contribution is -2.26. The predicted molar refractivity (Wildman–Crippen MR) is 129 cm³/mol. The van der Waals surface area contributed by atoms with Crippen LogP contribution < -0.4 is 10.1 Å². The summed E-state index contributed by atoms with van der Waals surface area (Å²) in [5.41, 5.74) is 4.55. The molecule has 1 saturated heterocycles. The highest BCUT2D eigenvalue weighted by molar-refractivity contribution is 5.64. The van der Waals surface area contributed by atoms with Crippen molar-refractivity contribution in [2.24, 2.45) is 0 Å². The Hall–Kier alpha value is -3.31. The summed E-state index contributed by atoms with van der Waals surface area (Å²) < 4.78 is 16.5. The molecule has 176 valence electrons. The average Bonchev–Trinajstić information content (AvgIpc) is 2.88. The molecule has 1 fully saturated rings. The highest BCUT2D eigenvalue weighted by atomic mass is 16.5. The summed E-state index contributed by atoms with van der Waals surface area (Å²) >= 11 is 0. The first-order valence-corrected chi connectivity index (χ1v) is 11.6. The molecule has 7 nitrogen and oxygen atoms in total. The van der Waals surface area contributed by atoms with Crippen molar-refractivity contribution in [3.8, 4) is 23.1 Å². The van der Waals surface area contributed by atoms with Gasteiger partial charge in [-0.2, -0.15) is 5.26 Å². The molecule has 2 heterocycles. The van der Waals surface area contributed by atoms with Crippen LogP contribution in [0.1, 0.15) is 35.4 Å². The van der Waals surface area contributed by atoms with Crippen molar-refractivity contribution >= 4 is 0 Å². The van der Waals surface area contributed by atoms with Gasteiger partial charge in [0, 0.05) is 51.2 Å². The number of nitriles is 1. The van der Waals surface area contributed by atoms with Crippen LogP contribution in [0, 0.1) is 11.3 Å². The molecule has 7 heteroatoms. The van der Waals surface area contributed by atoms with Gasteiger partial charge in [-0.1, -0.05) is 24.3 Å². The summed E-state index contributed by atoms with van der Waals surface area (Å²) in [4.78, 5) is 9.20. The lowest BCUT2D eigenvalue weighted by Gasteiger charge is -2.23. The summed E-state index contributed by atoms with van der Waals surface area (Å²) in [7, 11) is 1.70. The smallest absolute Gasteiger partial charge is 0.137 e. The lowest BCUT2D eigenvalue weighted by molar-refractivity contribution is 0.0254. The third-order valence-electron chi connectivity index (χ3n) is 5.76. The number of methoxy groups -OCH3 is 1. The van der Waals surface area contributed by atoms with Gasteiger partial charge in [0.15, 0.2) is 0 Å². The van der Waals surface area contributed by atoms with E-state index in [2.05, 4.69) is 40.6 Å². The van der Waals surface area contributed by atoms with Gasteiger partial charge in [-0.25, -0.2) is 9.97 Å². The third kappa shape index (κ3) is 6.61. The zero-order valence-corrected chi connectivity index (χ0v) is 19.5. The van der Waals surface area contributed by atoms with Gasteiger partial charge in [-0.15, -0.1) is 0 Å². The molecule has 0 aliphatic carbocycles. The molecule has 1 aliphatic heterocycles. The minimum absolute atomic E-state index is 0.0879. The first-order chi connectivity index (χ1) is 16.7. The van der Waals surface area contributed by atoms with Crippen LogP contribution in [-0.2, 0) is 22.4 Å². The molecule has 1 aliphatic rings. The SMILES string of the molecule is COCCNCc1ccc(Cc2nccc(-c3ccc(OC4CCOCC4)c(C#N)c3)n2)cc1. The maximum atomic E-state index is 9.67. The van der Waals surface area contributed by atoms with Crippen molar-refractivity contribution in [2.45, 2.75) is 31.9 Å². The number of nitrogens with one attached hydrogen (secondary N) is 1. The van der Waals surface area contributed by atoms with Crippen LogP contribution in [-0.4, -0.2) is 49.5 Å². The minimum atomic E-state index is 0.0879. The Morgan fingerprint density at radius 2 is 1.88 bits per heavy atom. The predicted octanol–water partition coefficient (Wildman–Crippen LogP) is 3.90. The van der Waals surface area contributed by atoms with Crippen molar-refractivity contribution < 1.29 is 14.2 Å². The van der Waals surface area contributed by atoms with Crippen LogP contribution >= 0.6 is 0 Å². The van der Waals surface area contributed by atoms with E-state index in [4.69, 9.17) is 19.2 Å². The van der Waals surface area contributed by atoms with Crippen molar-refractivity contribution in [2.75, 3.05) is 33.5 Å². The van der Waals surface area contributed by atoms with Gasteiger partial charge in [0.05, 0.1) is 31.1 Å². The van der Waals surface area contributed by atoms with Gasteiger partial charge in [0.1, 0.15) is 23.7 Å². The number of nitrogens with zero attached hydrogens (tertiary/aromatic N) is 3. The summed E-state index contributed by atoms with van der Waals surface area (Å²) in [5, 5.41) is 13.0. The number of ether oxygens (including phenoxy) is 3. The van der Waals surface area contributed by atoms with Gasteiger partial charge < -0.3 is 19.5 Å². The van der Waals surface area contributed by atoms with Crippen LogP contribution in [0.3, 0.4) is 0 Å². The Bertz CT molecular complexity index is 1110. The fourth-order valence-electron chi connectivity index (χ4n) is 3.86. The Morgan fingerprint density at radius 1 is 1.09 bits per heavy atom. The van der Waals surface area contributed by atoms with E-state index in [1.807, 2.05) is 24.3 Å². The fourth-order valence-corrected chi connectivity index (χ4v) is 3.86. The lowest BCUT2D eigenvalue weighted by atomic mass is 10.1. The van der Waals surface area contributed by atoms with E-state index in [1.165, 1.54) is 5.56 Å². The molecule has 2 aromatic carbocycles. The van der Waals surface area contributed by atoms with Crippen molar-refractivity contribution in [1.29, 1.82) is 5.26 Å². The van der Waals surface area contributed by atoms with Crippen LogP contribution in [0.2, 0.25) is 0 Å². The number of hydrogen-bond acceptors (Lipinski definition) is 7. The molecule has 0 radical (unpaired) electrons. The summed E-state index contributed by atoms with van der Waals surface area (Å²) in [6.07, 6.45) is 4.18. The summed E-state index contributed by atoms with van der Waals surface area (Å²) in [6.45, 7) is 3.73. The molecule has 0 unspecified atom stereocenters. The Balaban J connectivity index is 1.42. The summed E-state index contributed by atoms with van der Waals surface area (Å²) in [5.74, 6) is 1.36. The van der Waals surface area contributed by atoms with Gasteiger partial charge in [-0.3, -0.25) is 0 Å². The van der Waals surface area contributed by atoms with Crippen molar-refractivity contribution in [3.63, 3.8) is 0 Å². The molecule has 0 bridgehead atoms. The maximum Gasteiger partial charge on any atom is 0.137 e. The van der Waals surface area contributed by atoms with Crippen molar-refractivity contribution in [1.82, 2.24) is 15.3 Å². The second kappa shape index (κ2) is 12.2. The molecule has 0 saturated carbocycles. The molecule has 0 atom stereocenters. The molecule has 1 N–H and O–H groups in total. The zero-order valence-electron chi connectivity index (χ0n) is 19.5. The Morgan fingerprint density at radius 3 is 2.65 bits per heavy atom. The number of aromatic nitrogens is 2. The van der Waals surface area contributed by atoms with Crippen LogP contribution in [0.15, 0.2) is 54.7 Å².